The molecule has 1 fully saturated rings. The van der Waals surface area contributed by atoms with Crippen molar-refractivity contribution < 1.29 is 17.9 Å². The van der Waals surface area contributed by atoms with Crippen molar-refractivity contribution in [2.24, 2.45) is 0 Å². The second-order valence-electron chi connectivity index (χ2n) is 5.44. The molecule has 1 saturated heterocycles. The van der Waals surface area contributed by atoms with Crippen LogP contribution in [0.3, 0.4) is 0 Å². The van der Waals surface area contributed by atoms with Gasteiger partial charge in [-0.25, -0.2) is 13.2 Å². The van der Waals surface area contributed by atoms with Crippen LogP contribution in [0.25, 0.3) is 0 Å². The third-order valence-electron chi connectivity index (χ3n) is 3.71. The maximum Gasteiger partial charge on any atom is 0.410 e. The van der Waals surface area contributed by atoms with Gasteiger partial charge in [-0.3, -0.25) is 0 Å². The molecule has 7 heteroatoms. The summed E-state index contributed by atoms with van der Waals surface area (Å²) in [6.07, 6.45) is 2.86. The van der Waals surface area contributed by atoms with Crippen LogP contribution >= 0.6 is 10.7 Å². The highest BCUT2D eigenvalue weighted by Crippen LogP contribution is 2.20. The van der Waals surface area contributed by atoms with Crippen LogP contribution in [-0.2, 0) is 20.4 Å². The Kier molecular flexibility index (Phi) is 6.08. The topological polar surface area (TPSA) is 63.7 Å². The minimum absolute atomic E-state index is 0.177. The van der Waals surface area contributed by atoms with Crippen LogP contribution in [0.1, 0.15) is 31.2 Å². The summed E-state index contributed by atoms with van der Waals surface area (Å²) < 4.78 is 28.0. The molecule has 122 valence electrons. The maximum atomic E-state index is 12.3. The van der Waals surface area contributed by atoms with Gasteiger partial charge in [0.25, 0.3) is 0 Å². The van der Waals surface area contributed by atoms with Crippen molar-refractivity contribution in [3.8, 4) is 0 Å². The van der Waals surface area contributed by atoms with Crippen molar-refractivity contribution in [1.29, 1.82) is 0 Å². The SMILES string of the molecule is O=C(OCc1ccccc1)N1CCCCCC1CS(=O)(=O)Cl. The zero-order valence-electron chi connectivity index (χ0n) is 12.3. The summed E-state index contributed by atoms with van der Waals surface area (Å²) >= 11 is 0. The lowest BCUT2D eigenvalue weighted by atomic mass is 10.1. The fraction of sp³-hybridized carbons (Fsp3) is 0.533. The zero-order chi connectivity index (χ0) is 16.0. The van der Waals surface area contributed by atoms with E-state index >= 15 is 0 Å². The van der Waals surface area contributed by atoms with Crippen LogP contribution in [0.15, 0.2) is 30.3 Å². The molecule has 1 atom stereocenters. The minimum Gasteiger partial charge on any atom is -0.445 e. The van der Waals surface area contributed by atoms with E-state index in [1.807, 2.05) is 30.3 Å². The summed E-state index contributed by atoms with van der Waals surface area (Å²) in [6.45, 7) is 0.682. The molecule has 1 amide bonds. The van der Waals surface area contributed by atoms with Crippen molar-refractivity contribution in [3.05, 3.63) is 35.9 Å². The predicted octanol–water partition coefficient (Wildman–Crippen LogP) is 3.14. The Hall–Kier alpha value is -1.27. The van der Waals surface area contributed by atoms with Crippen molar-refractivity contribution in [2.75, 3.05) is 12.3 Å². The normalized spacial score (nSPS) is 19.5. The lowest BCUT2D eigenvalue weighted by Gasteiger charge is -2.28. The fourth-order valence-corrected chi connectivity index (χ4v) is 3.87. The molecule has 1 heterocycles. The molecule has 0 aromatic heterocycles. The Morgan fingerprint density at radius 1 is 1.23 bits per heavy atom. The van der Waals surface area contributed by atoms with Gasteiger partial charge in [-0.1, -0.05) is 43.2 Å². The number of likely N-dealkylation sites (tertiary alicyclic amines) is 1. The fourth-order valence-electron chi connectivity index (χ4n) is 2.62. The van der Waals surface area contributed by atoms with Crippen molar-refractivity contribution in [1.82, 2.24) is 4.90 Å². The van der Waals surface area contributed by atoms with E-state index in [0.29, 0.717) is 13.0 Å². The molecule has 1 aliphatic heterocycles. The van der Waals surface area contributed by atoms with Crippen molar-refractivity contribution in [2.45, 2.75) is 38.3 Å². The summed E-state index contributed by atoms with van der Waals surface area (Å²) in [5, 5.41) is 0. The lowest BCUT2D eigenvalue weighted by Crippen LogP contribution is -2.43. The Bertz CT molecular complexity index is 591. The van der Waals surface area contributed by atoms with Gasteiger partial charge in [0.15, 0.2) is 0 Å². The van der Waals surface area contributed by atoms with Crippen LogP contribution in [-0.4, -0.2) is 37.8 Å². The van der Waals surface area contributed by atoms with E-state index in [1.54, 1.807) is 0 Å². The molecular weight excluding hydrogens is 326 g/mol. The summed E-state index contributed by atoms with van der Waals surface area (Å²) in [5.41, 5.74) is 0.896. The molecule has 0 aliphatic carbocycles. The standard InChI is InChI=1S/C15H20ClNO4S/c16-22(19,20)12-14-9-5-2-6-10-17(14)15(18)21-11-13-7-3-1-4-8-13/h1,3-4,7-8,14H,2,5-6,9-12H2. The number of halogens is 1. The largest absolute Gasteiger partial charge is 0.445 e. The molecule has 1 aromatic rings. The second-order valence-corrected chi connectivity index (χ2v) is 8.26. The first-order chi connectivity index (χ1) is 10.5. The highest BCUT2D eigenvalue weighted by Gasteiger charge is 2.29. The Balaban J connectivity index is 2.00. The van der Waals surface area contributed by atoms with E-state index in [-0.39, 0.29) is 12.4 Å². The third-order valence-corrected chi connectivity index (χ3v) is 4.87. The third kappa shape index (κ3) is 5.50. The van der Waals surface area contributed by atoms with Gasteiger partial charge in [-0.15, -0.1) is 0 Å². The van der Waals surface area contributed by atoms with E-state index in [9.17, 15) is 13.2 Å². The highest BCUT2D eigenvalue weighted by atomic mass is 35.7. The Labute approximate surface area is 135 Å². The molecule has 0 spiro atoms. The lowest BCUT2D eigenvalue weighted by molar-refractivity contribution is 0.0848. The first-order valence-corrected chi connectivity index (χ1v) is 9.83. The molecule has 0 bridgehead atoms. The van der Waals surface area contributed by atoms with Crippen LogP contribution < -0.4 is 0 Å². The van der Waals surface area contributed by atoms with Crippen molar-refractivity contribution in [3.63, 3.8) is 0 Å². The van der Waals surface area contributed by atoms with Crippen molar-refractivity contribution >= 4 is 25.8 Å². The quantitative estimate of drug-likeness (QED) is 0.786. The number of carbonyl (C=O) groups is 1. The molecule has 2 rings (SSSR count). The number of benzene rings is 1. The maximum absolute atomic E-state index is 12.3. The van der Waals surface area contributed by atoms with E-state index in [2.05, 4.69) is 0 Å². The van der Waals surface area contributed by atoms with Gasteiger partial charge in [-0.2, -0.15) is 0 Å². The van der Waals surface area contributed by atoms with E-state index in [4.69, 9.17) is 15.4 Å². The van der Waals surface area contributed by atoms with Gasteiger partial charge in [0.2, 0.25) is 9.05 Å². The van der Waals surface area contributed by atoms with E-state index in [0.717, 1.165) is 24.8 Å². The molecule has 0 N–H and O–H groups in total. The highest BCUT2D eigenvalue weighted by molar-refractivity contribution is 8.13. The second kappa shape index (κ2) is 7.83. The number of amides is 1. The molecule has 5 nitrogen and oxygen atoms in total. The Morgan fingerprint density at radius 2 is 1.95 bits per heavy atom. The summed E-state index contributed by atoms with van der Waals surface area (Å²) in [7, 11) is 1.71. The molecule has 0 saturated carbocycles. The van der Waals surface area contributed by atoms with Gasteiger partial charge in [-0.05, 0) is 18.4 Å². The average Bonchev–Trinajstić information content (AvgIpc) is 2.69. The molecule has 1 aliphatic rings. The smallest absolute Gasteiger partial charge is 0.410 e. The van der Waals surface area contributed by atoms with Gasteiger partial charge in [0.1, 0.15) is 6.61 Å². The zero-order valence-corrected chi connectivity index (χ0v) is 13.9. The molecule has 0 radical (unpaired) electrons. The van der Waals surface area contributed by atoms with Gasteiger partial charge in [0, 0.05) is 17.2 Å². The van der Waals surface area contributed by atoms with Crippen LogP contribution in [0.2, 0.25) is 0 Å². The van der Waals surface area contributed by atoms with Crippen LogP contribution in [0.5, 0.6) is 0 Å². The summed E-state index contributed by atoms with van der Waals surface area (Å²) in [6, 6.07) is 8.97. The van der Waals surface area contributed by atoms with E-state index < -0.39 is 21.2 Å². The molecule has 22 heavy (non-hydrogen) atoms. The Morgan fingerprint density at radius 3 is 2.64 bits per heavy atom. The van der Waals surface area contributed by atoms with Gasteiger partial charge >= 0.3 is 6.09 Å². The monoisotopic (exact) mass is 345 g/mol. The first kappa shape index (κ1) is 17.1. The molecular formula is C15H20ClNO4S. The van der Waals surface area contributed by atoms with Crippen LogP contribution in [0.4, 0.5) is 4.79 Å². The van der Waals surface area contributed by atoms with Gasteiger partial charge < -0.3 is 9.64 Å². The van der Waals surface area contributed by atoms with E-state index in [1.165, 1.54) is 4.90 Å². The molecule has 1 aromatic carbocycles. The first-order valence-electron chi connectivity index (χ1n) is 7.35. The number of nitrogens with zero attached hydrogens (tertiary/aromatic N) is 1. The molecule has 1 unspecified atom stereocenters. The number of hydrogen-bond donors (Lipinski definition) is 0. The summed E-state index contributed by atoms with van der Waals surface area (Å²) in [5.74, 6) is -0.227. The van der Waals surface area contributed by atoms with Gasteiger partial charge in [0.05, 0.1) is 11.8 Å². The van der Waals surface area contributed by atoms with Crippen LogP contribution in [0, 0.1) is 0 Å². The number of carbonyl (C=O) groups excluding carboxylic acids is 1. The average molecular weight is 346 g/mol. The number of hydrogen-bond acceptors (Lipinski definition) is 4. The summed E-state index contributed by atoms with van der Waals surface area (Å²) in [4.78, 5) is 13.8. The number of rotatable bonds is 4. The predicted molar refractivity (Wildman–Crippen MR) is 85.2 cm³/mol. The minimum atomic E-state index is -3.65. The number of ether oxygens (including phenoxy) is 1.